The van der Waals surface area contributed by atoms with Crippen LogP contribution in [0.4, 0.5) is 0 Å². The molecule has 0 aliphatic heterocycles. The van der Waals surface area contributed by atoms with Crippen LogP contribution in [0.15, 0.2) is 30.3 Å². The van der Waals surface area contributed by atoms with Crippen LogP contribution in [0.1, 0.15) is 33.3 Å². The van der Waals surface area contributed by atoms with Crippen molar-refractivity contribution in [2.75, 3.05) is 0 Å². The van der Waals surface area contributed by atoms with Gasteiger partial charge in [-0.3, -0.25) is 4.90 Å². The van der Waals surface area contributed by atoms with Crippen LogP contribution in [-0.2, 0) is 11.3 Å². The highest BCUT2D eigenvalue weighted by Crippen LogP contribution is 2.19. The summed E-state index contributed by atoms with van der Waals surface area (Å²) in [6.45, 7) is 8.97. The Labute approximate surface area is 98.3 Å². The van der Waals surface area contributed by atoms with Crippen LogP contribution in [0.5, 0.6) is 0 Å². The van der Waals surface area contributed by atoms with Gasteiger partial charge in [0.2, 0.25) is 0 Å². The van der Waals surface area contributed by atoms with Gasteiger partial charge in [0.25, 0.3) is 0 Å². The smallest absolute Gasteiger partial charge is 0.139 e. The first-order valence-electron chi connectivity index (χ1n) is 5.74. The second-order valence-corrected chi connectivity index (χ2v) is 4.98. The Balaban J connectivity index is 2.85. The molecule has 88 valence electrons. The summed E-state index contributed by atoms with van der Waals surface area (Å²) in [6, 6.07) is 10.6. The lowest BCUT2D eigenvalue weighted by Crippen LogP contribution is -2.48. The third-order valence-electron chi connectivity index (χ3n) is 2.85. The van der Waals surface area contributed by atoms with Crippen molar-refractivity contribution in [2.45, 2.75) is 45.8 Å². The predicted octanol–water partition coefficient (Wildman–Crippen LogP) is 2.87. The van der Waals surface area contributed by atoms with Gasteiger partial charge in [0.1, 0.15) is 6.29 Å². The number of aldehydes is 1. The van der Waals surface area contributed by atoms with Crippen LogP contribution >= 0.6 is 0 Å². The van der Waals surface area contributed by atoms with Gasteiger partial charge in [0.15, 0.2) is 0 Å². The molecule has 0 unspecified atom stereocenters. The quantitative estimate of drug-likeness (QED) is 0.710. The Hall–Kier alpha value is -1.15. The van der Waals surface area contributed by atoms with Crippen molar-refractivity contribution in [2.24, 2.45) is 0 Å². The third-order valence-corrected chi connectivity index (χ3v) is 2.85. The van der Waals surface area contributed by atoms with E-state index >= 15 is 0 Å². The normalized spacial score (nSPS) is 12.1. The van der Waals surface area contributed by atoms with Crippen molar-refractivity contribution in [1.29, 1.82) is 0 Å². The van der Waals surface area contributed by atoms with E-state index in [1.165, 1.54) is 5.56 Å². The number of carbonyl (C=O) groups is 1. The maximum absolute atomic E-state index is 11.1. The van der Waals surface area contributed by atoms with E-state index in [4.69, 9.17) is 0 Å². The Morgan fingerprint density at radius 3 is 2.25 bits per heavy atom. The molecule has 0 atom stereocenters. The van der Waals surface area contributed by atoms with Crippen LogP contribution in [-0.4, -0.2) is 22.8 Å². The molecule has 1 aromatic rings. The zero-order valence-corrected chi connectivity index (χ0v) is 10.6. The SMILES string of the molecule is CC(C)N(Cc1ccccc1)C(C)(C)C=O. The van der Waals surface area contributed by atoms with Crippen LogP contribution in [0.3, 0.4) is 0 Å². The fourth-order valence-corrected chi connectivity index (χ4v) is 1.90. The summed E-state index contributed by atoms with van der Waals surface area (Å²) in [5.41, 5.74) is 0.829. The second kappa shape index (κ2) is 5.26. The molecular weight excluding hydrogens is 198 g/mol. The molecule has 0 heterocycles. The number of rotatable bonds is 5. The maximum atomic E-state index is 11.1. The molecule has 1 aromatic carbocycles. The summed E-state index contributed by atoms with van der Waals surface area (Å²) >= 11 is 0. The van der Waals surface area contributed by atoms with Crippen molar-refractivity contribution in [1.82, 2.24) is 4.90 Å². The number of carbonyl (C=O) groups excluding carboxylic acids is 1. The van der Waals surface area contributed by atoms with Crippen LogP contribution in [0.25, 0.3) is 0 Å². The Morgan fingerprint density at radius 1 is 1.25 bits per heavy atom. The first-order valence-corrected chi connectivity index (χ1v) is 5.74. The number of benzene rings is 1. The van der Waals surface area contributed by atoms with E-state index in [1.807, 2.05) is 32.0 Å². The van der Waals surface area contributed by atoms with Crippen molar-refractivity contribution in [3.63, 3.8) is 0 Å². The molecule has 0 aromatic heterocycles. The first-order chi connectivity index (χ1) is 7.47. The second-order valence-electron chi connectivity index (χ2n) is 4.98. The summed E-state index contributed by atoms with van der Waals surface area (Å²) in [7, 11) is 0. The molecule has 0 fully saturated rings. The Morgan fingerprint density at radius 2 is 1.81 bits per heavy atom. The van der Waals surface area contributed by atoms with Crippen molar-refractivity contribution in [3.05, 3.63) is 35.9 Å². The van der Waals surface area contributed by atoms with E-state index in [2.05, 4.69) is 30.9 Å². The lowest BCUT2D eigenvalue weighted by atomic mass is 10.0. The molecule has 0 amide bonds. The maximum Gasteiger partial charge on any atom is 0.139 e. The van der Waals surface area contributed by atoms with Crippen LogP contribution in [0, 0.1) is 0 Å². The average molecular weight is 219 g/mol. The molecule has 0 saturated carbocycles. The van der Waals surface area contributed by atoms with Gasteiger partial charge < -0.3 is 4.79 Å². The summed E-state index contributed by atoms with van der Waals surface area (Å²) in [4.78, 5) is 13.3. The standard InChI is InChI=1S/C14H21NO/c1-12(2)15(14(3,4)11-16)10-13-8-6-5-7-9-13/h5-9,11-12H,10H2,1-4H3. The average Bonchev–Trinajstić information content (AvgIpc) is 2.26. The van der Waals surface area contributed by atoms with E-state index in [0.29, 0.717) is 6.04 Å². The van der Waals surface area contributed by atoms with E-state index in [-0.39, 0.29) is 0 Å². The molecule has 2 heteroatoms. The topological polar surface area (TPSA) is 20.3 Å². The molecule has 0 bridgehead atoms. The van der Waals surface area contributed by atoms with Crippen molar-refractivity contribution >= 4 is 6.29 Å². The molecule has 2 nitrogen and oxygen atoms in total. The van der Waals surface area contributed by atoms with Crippen LogP contribution < -0.4 is 0 Å². The van der Waals surface area contributed by atoms with Crippen molar-refractivity contribution < 1.29 is 4.79 Å². The van der Waals surface area contributed by atoms with Crippen LogP contribution in [0.2, 0.25) is 0 Å². The van der Waals surface area contributed by atoms with E-state index in [0.717, 1.165) is 12.8 Å². The molecule has 0 N–H and O–H groups in total. The summed E-state index contributed by atoms with van der Waals surface area (Å²) in [5.74, 6) is 0. The molecular formula is C14H21NO. The van der Waals surface area contributed by atoms with Gasteiger partial charge in [0.05, 0.1) is 5.54 Å². The van der Waals surface area contributed by atoms with Gasteiger partial charge in [-0.05, 0) is 33.3 Å². The number of hydrogen-bond donors (Lipinski definition) is 0. The first kappa shape index (κ1) is 12.9. The van der Waals surface area contributed by atoms with Gasteiger partial charge in [-0.15, -0.1) is 0 Å². The summed E-state index contributed by atoms with van der Waals surface area (Å²) in [6.07, 6.45) is 1.02. The zero-order chi connectivity index (χ0) is 12.2. The largest absolute Gasteiger partial charge is 0.301 e. The predicted molar refractivity (Wildman–Crippen MR) is 67.3 cm³/mol. The lowest BCUT2D eigenvalue weighted by Gasteiger charge is -2.37. The number of nitrogens with zero attached hydrogens (tertiary/aromatic N) is 1. The van der Waals surface area contributed by atoms with E-state index in [1.54, 1.807) is 0 Å². The van der Waals surface area contributed by atoms with Gasteiger partial charge in [-0.25, -0.2) is 0 Å². The Bertz CT molecular complexity index is 330. The van der Waals surface area contributed by atoms with E-state index in [9.17, 15) is 4.79 Å². The van der Waals surface area contributed by atoms with Crippen molar-refractivity contribution in [3.8, 4) is 0 Å². The molecule has 0 aliphatic rings. The molecule has 1 rings (SSSR count). The van der Waals surface area contributed by atoms with Gasteiger partial charge in [-0.2, -0.15) is 0 Å². The molecule has 0 saturated heterocycles. The highest BCUT2D eigenvalue weighted by atomic mass is 16.1. The molecule has 0 aliphatic carbocycles. The van der Waals surface area contributed by atoms with Gasteiger partial charge in [-0.1, -0.05) is 30.3 Å². The summed E-state index contributed by atoms with van der Waals surface area (Å²) < 4.78 is 0. The Kier molecular flexibility index (Phi) is 4.25. The minimum absolute atomic E-state index is 0.348. The highest BCUT2D eigenvalue weighted by molar-refractivity contribution is 5.62. The summed E-state index contributed by atoms with van der Waals surface area (Å²) in [5, 5.41) is 0. The zero-order valence-electron chi connectivity index (χ0n) is 10.6. The van der Waals surface area contributed by atoms with Gasteiger partial charge in [0, 0.05) is 12.6 Å². The van der Waals surface area contributed by atoms with E-state index < -0.39 is 5.54 Å². The monoisotopic (exact) mass is 219 g/mol. The minimum atomic E-state index is -0.413. The molecule has 0 radical (unpaired) electrons. The van der Waals surface area contributed by atoms with Gasteiger partial charge >= 0.3 is 0 Å². The fraction of sp³-hybridized carbons (Fsp3) is 0.500. The third kappa shape index (κ3) is 3.17. The molecule has 0 spiro atoms. The lowest BCUT2D eigenvalue weighted by molar-refractivity contribution is -0.118. The number of hydrogen-bond acceptors (Lipinski definition) is 2. The fourth-order valence-electron chi connectivity index (χ4n) is 1.90. The minimum Gasteiger partial charge on any atom is -0.301 e. The highest BCUT2D eigenvalue weighted by Gasteiger charge is 2.28. The molecule has 16 heavy (non-hydrogen) atoms.